The Morgan fingerprint density at radius 3 is 2.80 bits per heavy atom. The molecule has 5 nitrogen and oxygen atoms in total. The van der Waals surface area contributed by atoms with Gasteiger partial charge in [0.05, 0.1) is 5.52 Å². The maximum Gasteiger partial charge on any atom is 0.251 e. The molecule has 25 heavy (non-hydrogen) atoms. The van der Waals surface area contributed by atoms with Gasteiger partial charge in [0, 0.05) is 23.1 Å². The van der Waals surface area contributed by atoms with Crippen molar-refractivity contribution in [3.05, 3.63) is 53.6 Å². The molecule has 1 fully saturated rings. The lowest BCUT2D eigenvalue weighted by Gasteiger charge is -2.10. The minimum absolute atomic E-state index is 0.0538. The van der Waals surface area contributed by atoms with Gasteiger partial charge in [0.2, 0.25) is 0 Å². The zero-order valence-corrected chi connectivity index (χ0v) is 14.1. The van der Waals surface area contributed by atoms with Crippen LogP contribution in [0.5, 0.6) is 0 Å². The summed E-state index contributed by atoms with van der Waals surface area (Å²) in [6.45, 7) is 2.73. The Hall–Kier alpha value is -2.95. The molecule has 1 amide bonds. The number of para-hydroxylation sites is 1. The summed E-state index contributed by atoms with van der Waals surface area (Å²) < 4.78 is 0. The quantitative estimate of drug-likeness (QED) is 0.768. The predicted octanol–water partition coefficient (Wildman–Crippen LogP) is 3.33. The number of nitrogens with two attached hydrogens (primary N) is 1. The first kappa shape index (κ1) is 15.6. The Bertz CT molecular complexity index is 963. The average Bonchev–Trinajstić information content (AvgIpc) is 3.44. The first-order valence-corrected chi connectivity index (χ1v) is 8.53. The molecule has 2 aromatic carbocycles. The number of hydrogen-bond acceptors (Lipinski definition) is 4. The number of hydrogen-bond donors (Lipinski definition) is 2. The molecule has 0 bridgehead atoms. The second kappa shape index (κ2) is 6.16. The summed E-state index contributed by atoms with van der Waals surface area (Å²) in [4.78, 5) is 21.5. The average molecular weight is 332 g/mol. The van der Waals surface area contributed by atoms with E-state index in [2.05, 4.69) is 15.3 Å². The van der Waals surface area contributed by atoms with Gasteiger partial charge in [-0.05, 0) is 55.5 Å². The van der Waals surface area contributed by atoms with Crippen LogP contribution in [0.15, 0.2) is 42.5 Å². The Kier molecular flexibility index (Phi) is 3.84. The van der Waals surface area contributed by atoms with E-state index in [1.54, 1.807) is 0 Å². The van der Waals surface area contributed by atoms with E-state index in [0.717, 1.165) is 28.6 Å². The molecule has 3 N–H and O–H groups in total. The van der Waals surface area contributed by atoms with E-state index in [9.17, 15) is 4.79 Å². The molecular weight excluding hydrogens is 312 g/mol. The smallest absolute Gasteiger partial charge is 0.251 e. The third-order valence-corrected chi connectivity index (χ3v) is 4.62. The van der Waals surface area contributed by atoms with Gasteiger partial charge in [-0.15, -0.1) is 0 Å². The van der Waals surface area contributed by atoms with Gasteiger partial charge in [-0.2, -0.15) is 0 Å². The number of nitrogen functional groups attached to an aromatic ring is 1. The van der Waals surface area contributed by atoms with Crippen LogP contribution in [0, 0.1) is 12.8 Å². The summed E-state index contributed by atoms with van der Waals surface area (Å²) in [6.07, 6.45) is 2.42. The lowest BCUT2D eigenvalue weighted by atomic mass is 10.0. The molecule has 1 aliphatic rings. The molecule has 3 aromatic rings. The van der Waals surface area contributed by atoms with Gasteiger partial charge in [-0.3, -0.25) is 4.79 Å². The van der Waals surface area contributed by atoms with Gasteiger partial charge in [-0.25, -0.2) is 9.97 Å². The van der Waals surface area contributed by atoms with Crippen molar-refractivity contribution in [1.82, 2.24) is 15.3 Å². The standard InChI is InChI=1S/C20H20N4O/c1-12-6-9-14(20(25)22-11-13-7-8-13)10-16(12)19-23-17-5-3-2-4-15(17)18(21)24-19/h2-6,9-10,13H,7-8,11H2,1H3,(H,22,25)(H2,21,23,24). The summed E-state index contributed by atoms with van der Waals surface area (Å²) >= 11 is 0. The number of aromatic nitrogens is 2. The number of benzene rings is 2. The molecule has 1 aromatic heterocycles. The topological polar surface area (TPSA) is 80.9 Å². The summed E-state index contributed by atoms with van der Waals surface area (Å²) in [5.74, 6) is 1.59. The van der Waals surface area contributed by atoms with Crippen LogP contribution < -0.4 is 11.1 Å². The number of nitrogens with zero attached hydrogens (tertiary/aromatic N) is 2. The number of carbonyl (C=O) groups is 1. The number of aryl methyl sites for hydroxylation is 1. The van der Waals surface area contributed by atoms with Crippen LogP contribution in [0.1, 0.15) is 28.8 Å². The zero-order chi connectivity index (χ0) is 17.4. The molecule has 1 aliphatic carbocycles. The van der Waals surface area contributed by atoms with Crippen LogP contribution in [0.25, 0.3) is 22.3 Å². The summed E-state index contributed by atoms with van der Waals surface area (Å²) in [5.41, 5.74) is 9.36. The second-order valence-electron chi connectivity index (χ2n) is 6.63. The monoisotopic (exact) mass is 332 g/mol. The van der Waals surface area contributed by atoms with Crippen molar-refractivity contribution in [3.8, 4) is 11.4 Å². The van der Waals surface area contributed by atoms with E-state index in [-0.39, 0.29) is 5.91 Å². The van der Waals surface area contributed by atoms with E-state index < -0.39 is 0 Å². The molecule has 0 aliphatic heterocycles. The highest BCUT2D eigenvalue weighted by Crippen LogP contribution is 2.28. The predicted molar refractivity (Wildman–Crippen MR) is 99.2 cm³/mol. The fourth-order valence-electron chi connectivity index (χ4n) is 2.89. The van der Waals surface area contributed by atoms with Crippen molar-refractivity contribution in [3.63, 3.8) is 0 Å². The first-order valence-electron chi connectivity index (χ1n) is 8.53. The van der Waals surface area contributed by atoms with Gasteiger partial charge < -0.3 is 11.1 Å². The van der Waals surface area contributed by atoms with Gasteiger partial charge in [-0.1, -0.05) is 18.2 Å². The highest BCUT2D eigenvalue weighted by Gasteiger charge is 2.22. The molecule has 0 saturated heterocycles. The van der Waals surface area contributed by atoms with Crippen molar-refractivity contribution in [2.45, 2.75) is 19.8 Å². The Morgan fingerprint density at radius 2 is 2.00 bits per heavy atom. The maximum atomic E-state index is 12.4. The van der Waals surface area contributed by atoms with Crippen LogP contribution in [0.2, 0.25) is 0 Å². The molecule has 1 saturated carbocycles. The summed E-state index contributed by atoms with van der Waals surface area (Å²) in [7, 11) is 0. The lowest BCUT2D eigenvalue weighted by Crippen LogP contribution is -2.25. The molecule has 0 spiro atoms. The van der Waals surface area contributed by atoms with Crippen molar-refractivity contribution in [2.24, 2.45) is 5.92 Å². The van der Waals surface area contributed by atoms with Gasteiger partial charge in [0.25, 0.3) is 5.91 Å². The van der Waals surface area contributed by atoms with Crippen LogP contribution in [-0.2, 0) is 0 Å². The fourth-order valence-corrected chi connectivity index (χ4v) is 2.89. The fraction of sp³-hybridized carbons (Fsp3) is 0.250. The second-order valence-corrected chi connectivity index (χ2v) is 6.63. The first-order chi connectivity index (χ1) is 12.1. The molecule has 5 heteroatoms. The summed E-state index contributed by atoms with van der Waals surface area (Å²) in [5, 5.41) is 3.83. The molecule has 0 radical (unpaired) electrons. The number of carbonyl (C=O) groups excluding carboxylic acids is 1. The number of nitrogens with one attached hydrogen (secondary N) is 1. The van der Waals surface area contributed by atoms with Crippen molar-refractivity contribution in [2.75, 3.05) is 12.3 Å². The third kappa shape index (κ3) is 3.18. The van der Waals surface area contributed by atoms with Crippen molar-refractivity contribution < 1.29 is 4.79 Å². The Morgan fingerprint density at radius 1 is 1.20 bits per heavy atom. The largest absolute Gasteiger partial charge is 0.383 e. The number of fused-ring (bicyclic) bond motifs is 1. The van der Waals surface area contributed by atoms with Crippen molar-refractivity contribution >= 4 is 22.6 Å². The highest BCUT2D eigenvalue weighted by molar-refractivity contribution is 5.96. The number of amides is 1. The van der Waals surface area contributed by atoms with Crippen molar-refractivity contribution in [1.29, 1.82) is 0 Å². The lowest BCUT2D eigenvalue weighted by molar-refractivity contribution is 0.0952. The van der Waals surface area contributed by atoms with Crippen LogP contribution >= 0.6 is 0 Å². The van der Waals surface area contributed by atoms with Gasteiger partial charge >= 0.3 is 0 Å². The third-order valence-electron chi connectivity index (χ3n) is 4.62. The molecular formula is C20H20N4O. The van der Waals surface area contributed by atoms with E-state index in [1.807, 2.05) is 49.4 Å². The van der Waals surface area contributed by atoms with E-state index in [4.69, 9.17) is 5.73 Å². The minimum Gasteiger partial charge on any atom is -0.383 e. The van der Waals surface area contributed by atoms with E-state index >= 15 is 0 Å². The molecule has 4 rings (SSSR count). The van der Waals surface area contributed by atoms with E-state index in [1.165, 1.54) is 12.8 Å². The number of anilines is 1. The molecule has 0 unspecified atom stereocenters. The van der Waals surface area contributed by atoms with E-state index in [0.29, 0.717) is 23.1 Å². The maximum absolute atomic E-state index is 12.4. The van der Waals surface area contributed by atoms with Gasteiger partial charge in [0.1, 0.15) is 5.82 Å². The van der Waals surface area contributed by atoms with Crippen LogP contribution in [0.3, 0.4) is 0 Å². The normalized spacial score (nSPS) is 13.8. The van der Waals surface area contributed by atoms with Crippen LogP contribution in [-0.4, -0.2) is 22.4 Å². The Balaban J connectivity index is 1.71. The molecule has 0 atom stereocenters. The van der Waals surface area contributed by atoms with Crippen LogP contribution in [0.4, 0.5) is 5.82 Å². The zero-order valence-electron chi connectivity index (χ0n) is 14.1. The summed E-state index contributed by atoms with van der Waals surface area (Å²) in [6, 6.07) is 13.3. The molecule has 126 valence electrons. The molecule has 1 heterocycles. The minimum atomic E-state index is -0.0538. The van der Waals surface area contributed by atoms with Gasteiger partial charge in [0.15, 0.2) is 5.82 Å². The highest BCUT2D eigenvalue weighted by atomic mass is 16.1. The number of rotatable bonds is 4. The SMILES string of the molecule is Cc1ccc(C(=O)NCC2CC2)cc1-c1nc(N)c2ccccc2n1. The Labute approximate surface area is 146 Å².